The van der Waals surface area contributed by atoms with Crippen molar-refractivity contribution in [3.63, 3.8) is 0 Å². The van der Waals surface area contributed by atoms with Crippen LogP contribution in [0, 0.1) is 11.3 Å². The first kappa shape index (κ1) is 9.86. The molecule has 17 heavy (non-hydrogen) atoms. The third kappa shape index (κ3) is 1.38. The Labute approximate surface area is 98.7 Å². The summed E-state index contributed by atoms with van der Waals surface area (Å²) in [6.07, 6.45) is 1.07. The summed E-state index contributed by atoms with van der Waals surface area (Å²) in [6, 6.07) is 11.9. The highest BCUT2D eigenvalue weighted by Gasteiger charge is 2.23. The molecule has 0 unspecified atom stereocenters. The molecule has 1 N–H and O–H groups in total. The van der Waals surface area contributed by atoms with Crippen LogP contribution in [0.4, 0.5) is 5.69 Å². The van der Waals surface area contributed by atoms with E-state index in [2.05, 4.69) is 11.4 Å². The van der Waals surface area contributed by atoms with E-state index < -0.39 is 0 Å². The largest absolute Gasteiger partial charge is 0.321 e. The second kappa shape index (κ2) is 3.60. The van der Waals surface area contributed by atoms with Crippen molar-refractivity contribution >= 4 is 22.4 Å². The second-order valence-corrected chi connectivity index (χ2v) is 4.12. The second-order valence-electron chi connectivity index (χ2n) is 4.12. The molecule has 0 bridgehead atoms. The molecule has 3 nitrogen and oxygen atoms in total. The van der Waals surface area contributed by atoms with Gasteiger partial charge in [-0.2, -0.15) is 5.26 Å². The summed E-state index contributed by atoms with van der Waals surface area (Å²) in [5, 5.41) is 13.6. The minimum Gasteiger partial charge on any atom is -0.321 e. The van der Waals surface area contributed by atoms with E-state index in [4.69, 9.17) is 5.26 Å². The summed E-state index contributed by atoms with van der Waals surface area (Å²) >= 11 is 0. The van der Waals surface area contributed by atoms with Crippen molar-refractivity contribution in [1.82, 2.24) is 0 Å². The molecule has 3 rings (SSSR count). The van der Waals surface area contributed by atoms with Gasteiger partial charge in [-0.05, 0) is 23.4 Å². The number of amides is 1. The van der Waals surface area contributed by atoms with E-state index in [0.717, 1.165) is 27.6 Å². The van der Waals surface area contributed by atoms with Crippen LogP contribution in [0.25, 0.3) is 10.8 Å². The molecule has 0 atom stereocenters. The lowest BCUT2D eigenvalue weighted by Gasteiger charge is -2.04. The maximum Gasteiger partial charge on any atom is 0.256 e. The van der Waals surface area contributed by atoms with Crippen molar-refractivity contribution in [2.45, 2.75) is 12.8 Å². The third-order valence-corrected chi connectivity index (χ3v) is 3.11. The quantitative estimate of drug-likeness (QED) is 0.849. The maximum absolute atomic E-state index is 11.9. The molecule has 0 saturated carbocycles. The fraction of sp³-hybridized carbons (Fsp3) is 0.143. The van der Waals surface area contributed by atoms with E-state index in [1.54, 1.807) is 0 Å². The van der Waals surface area contributed by atoms with Crippen LogP contribution in [0.3, 0.4) is 0 Å². The average Bonchev–Trinajstić information content (AvgIpc) is 2.68. The molecular weight excluding hydrogens is 212 g/mol. The lowest BCUT2D eigenvalue weighted by molar-refractivity contribution is 0.103. The molecular formula is C14H10N2O. The van der Waals surface area contributed by atoms with Crippen molar-refractivity contribution in [2.75, 3.05) is 5.32 Å². The standard InChI is InChI=1S/C14H10N2O/c15-8-2-4-10-7-6-9-3-1-5-11-12(9)13(10)14(17)16-11/h1,3,5-7H,2,4H2,(H,16,17). The summed E-state index contributed by atoms with van der Waals surface area (Å²) < 4.78 is 0. The molecule has 0 radical (unpaired) electrons. The number of nitrogens with one attached hydrogen (secondary N) is 1. The third-order valence-electron chi connectivity index (χ3n) is 3.11. The number of benzene rings is 2. The number of carbonyl (C=O) groups is 1. The summed E-state index contributed by atoms with van der Waals surface area (Å²) in [4.78, 5) is 11.9. The molecule has 82 valence electrons. The number of carbonyl (C=O) groups excluding carboxylic acids is 1. The molecule has 0 fully saturated rings. The molecule has 0 spiro atoms. The predicted molar refractivity (Wildman–Crippen MR) is 65.8 cm³/mol. The number of rotatable bonds is 2. The zero-order valence-electron chi connectivity index (χ0n) is 9.16. The number of hydrogen-bond acceptors (Lipinski definition) is 2. The fourth-order valence-electron chi connectivity index (χ4n) is 2.37. The molecule has 0 saturated heterocycles. The molecule has 2 aromatic carbocycles. The Morgan fingerprint density at radius 2 is 2.12 bits per heavy atom. The number of nitriles is 1. The van der Waals surface area contributed by atoms with Gasteiger partial charge in [-0.3, -0.25) is 4.79 Å². The minimum absolute atomic E-state index is 0.0512. The SMILES string of the molecule is N#CCCc1ccc2cccc3c2c1C(=O)N3. The van der Waals surface area contributed by atoms with Gasteiger partial charge in [0.2, 0.25) is 0 Å². The lowest BCUT2D eigenvalue weighted by atomic mass is 9.97. The smallest absolute Gasteiger partial charge is 0.256 e. The lowest BCUT2D eigenvalue weighted by Crippen LogP contribution is -2.07. The van der Waals surface area contributed by atoms with Crippen LogP contribution in [-0.4, -0.2) is 5.91 Å². The van der Waals surface area contributed by atoms with Gasteiger partial charge in [-0.15, -0.1) is 0 Å². The van der Waals surface area contributed by atoms with E-state index in [-0.39, 0.29) is 5.91 Å². The first-order valence-electron chi connectivity index (χ1n) is 5.54. The van der Waals surface area contributed by atoms with Crippen molar-refractivity contribution in [1.29, 1.82) is 5.26 Å². The van der Waals surface area contributed by atoms with Crippen LogP contribution >= 0.6 is 0 Å². The Kier molecular flexibility index (Phi) is 2.09. The zero-order chi connectivity index (χ0) is 11.8. The van der Waals surface area contributed by atoms with Crippen LogP contribution < -0.4 is 5.32 Å². The molecule has 0 aromatic heterocycles. The van der Waals surface area contributed by atoms with Crippen molar-refractivity contribution in [2.24, 2.45) is 0 Å². The van der Waals surface area contributed by atoms with Gasteiger partial charge in [0.15, 0.2) is 0 Å². The first-order valence-corrected chi connectivity index (χ1v) is 5.54. The van der Waals surface area contributed by atoms with Gasteiger partial charge in [0.1, 0.15) is 0 Å². The Morgan fingerprint density at radius 3 is 2.94 bits per heavy atom. The van der Waals surface area contributed by atoms with E-state index in [9.17, 15) is 4.79 Å². The molecule has 1 heterocycles. The fourth-order valence-corrected chi connectivity index (χ4v) is 2.37. The molecule has 1 aliphatic heterocycles. The van der Waals surface area contributed by atoms with Gasteiger partial charge in [-0.25, -0.2) is 0 Å². The maximum atomic E-state index is 11.9. The first-order chi connectivity index (χ1) is 8.31. The molecule has 0 aliphatic carbocycles. The predicted octanol–water partition coefficient (Wildman–Crippen LogP) is 2.86. The number of nitrogens with zero attached hydrogens (tertiary/aromatic N) is 1. The van der Waals surface area contributed by atoms with Gasteiger partial charge in [0.25, 0.3) is 5.91 Å². The van der Waals surface area contributed by atoms with E-state index in [1.807, 2.05) is 30.3 Å². The minimum atomic E-state index is -0.0512. The zero-order valence-corrected chi connectivity index (χ0v) is 9.16. The summed E-state index contributed by atoms with van der Waals surface area (Å²) in [5.41, 5.74) is 2.58. The topological polar surface area (TPSA) is 52.9 Å². The number of hydrogen-bond donors (Lipinski definition) is 1. The van der Waals surface area contributed by atoms with Crippen LogP contribution in [0.15, 0.2) is 30.3 Å². The average molecular weight is 222 g/mol. The number of aryl methyl sites for hydroxylation is 1. The van der Waals surface area contributed by atoms with E-state index in [1.165, 1.54) is 0 Å². The van der Waals surface area contributed by atoms with Gasteiger partial charge in [0, 0.05) is 17.5 Å². The molecule has 2 aromatic rings. The normalized spacial score (nSPS) is 12.5. The van der Waals surface area contributed by atoms with Crippen molar-refractivity contribution in [3.8, 4) is 6.07 Å². The Bertz CT molecular complexity index is 668. The Morgan fingerprint density at radius 1 is 1.24 bits per heavy atom. The van der Waals surface area contributed by atoms with Crippen molar-refractivity contribution in [3.05, 3.63) is 41.5 Å². The van der Waals surface area contributed by atoms with E-state index >= 15 is 0 Å². The molecule has 1 amide bonds. The van der Waals surface area contributed by atoms with Crippen LogP contribution in [-0.2, 0) is 6.42 Å². The molecule has 1 aliphatic rings. The van der Waals surface area contributed by atoms with Gasteiger partial charge >= 0.3 is 0 Å². The van der Waals surface area contributed by atoms with Crippen LogP contribution in [0.2, 0.25) is 0 Å². The molecule has 3 heteroatoms. The monoisotopic (exact) mass is 222 g/mol. The highest BCUT2D eigenvalue weighted by molar-refractivity contribution is 6.24. The number of anilines is 1. The highest BCUT2D eigenvalue weighted by Crippen LogP contribution is 2.35. The van der Waals surface area contributed by atoms with Crippen LogP contribution in [0.1, 0.15) is 22.3 Å². The Hall–Kier alpha value is -2.34. The van der Waals surface area contributed by atoms with Crippen LogP contribution in [0.5, 0.6) is 0 Å². The van der Waals surface area contributed by atoms with Gasteiger partial charge in [-0.1, -0.05) is 24.3 Å². The Balaban J connectivity index is 2.27. The summed E-state index contributed by atoms with van der Waals surface area (Å²) in [6.45, 7) is 0. The van der Waals surface area contributed by atoms with Gasteiger partial charge in [0.05, 0.1) is 11.6 Å². The van der Waals surface area contributed by atoms with Gasteiger partial charge < -0.3 is 5.32 Å². The van der Waals surface area contributed by atoms with Crippen molar-refractivity contribution < 1.29 is 4.79 Å². The highest BCUT2D eigenvalue weighted by atomic mass is 16.1. The van der Waals surface area contributed by atoms with E-state index in [0.29, 0.717) is 12.8 Å². The summed E-state index contributed by atoms with van der Waals surface area (Å²) in [7, 11) is 0. The summed E-state index contributed by atoms with van der Waals surface area (Å²) in [5.74, 6) is -0.0512.